The van der Waals surface area contributed by atoms with E-state index in [0.29, 0.717) is 10.6 Å². The summed E-state index contributed by atoms with van der Waals surface area (Å²) in [5, 5.41) is 0.510. The number of ether oxygens (including phenoxy) is 1. The molecule has 0 bridgehead atoms. The van der Waals surface area contributed by atoms with Crippen molar-refractivity contribution in [2.75, 3.05) is 6.61 Å². The van der Waals surface area contributed by atoms with E-state index in [9.17, 15) is 18.0 Å². The van der Waals surface area contributed by atoms with Crippen LogP contribution in [-0.2, 0) is 4.74 Å². The average Bonchev–Trinajstić information content (AvgIpc) is 2.33. The van der Waals surface area contributed by atoms with Gasteiger partial charge in [0.25, 0.3) is 0 Å². The molecule has 2 nitrogen and oxygen atoms in total. The highest BCUT2D eigenvalue weighted by atomic mass is 35.5. The summed E-state index contributed by atoms with van der Waals surface area (Å²) in [6, 6.07) is 6.26. The molecule has 0 spiro atoms. The minimum absolute atomic E-state index is 0.0972. The molecule has 0 saturated heterocycles. The standard InChI is InChI=1S/C13H14ClF3O2/c1-9(19-8-2-7-13(15,16)17)12(18)10-3-5-11(14)6-4-10/h3-6,9H,2,7-8H2,1H3. The molecule has 0 fully saturated rings. The summed E-state index contributed by atoms with van der Waals surface area (Å²) in [5.74, 6) is -0.274. The maximum absolute atomic E-state index is 11.9. The van der Waals surface area contributed by atoms with Gasteiger partial charge < -0.3 is 4.74 Å². The number of ketones is 1. The van der Waals surface area contributed by atoms with Gasteiger partial charge >= 0.3 is 6.18 Å². The predicted molar refractivity (Wildman–Crippen MR) is 66.5 cm³/mol. The molecule has 6 heteroatoms. The van der Waals surface area contributed by atoms with E-state index in [2.05, 4.69) is 0 Å². The molecule has 1 aromatic carbocycles. The lowest BCUT2D eigenvalue weighted by Gasteiger charge is -2.12. The smallest absolute Gasteiger partial charge is 0.370 e. The normalized spacial score (nSPS) is 13.3. The van der Waals surface area contributed by atoms with Crippen LogP contribution < -0.4 is 0 Å². The number of hydrogen-bond acceptors (Lipinski definition) is 2. The van der Waals surface area contributed by atoms with E-state index in [1.807, 2.05) is 0 Å². The number of carbonyl (C=O) groups excluding carboxylic acids is 1. The maximum Gasteiger partial charge on any atom is 0.389 e. The van der Waals surface area contributed by atoms with Gasteiger partial charge in [0, 0.05) is 23.6 Å². The third-order valence-electron chi connectivity index (χ3n) is 2.47. The molecule has 0 aromatic heterocycles. The number of hydrogen-bond donors (Lipinski definition) is 0. The van der Waals surface area contributed by atoms with Crippen LogP contribution in [0.2, 0.25) is 5.02 Å². The highest BCUT2D eigenvalue weighted by molar-refractivity contribution is 6.30. The Balaban J connectivity index is 2.39. The van der Waals surface area contributed by atoms with Crippen LogP contribution in [-0.4, -0.2) is 24.7 Å². The van der Waals surface area contributed by atoms with Gasteiger partial charge in [-0.2, -0.15) is 13.2 Å². The summed E-state index contributed by atoms with van der Waals surface area (Å²) in [6.07, 6.45) is -6.02. The van der Waals surface area contributed by atoms with Gasteiger partial charge in [0.1, 0.15) is 6.10 Å². The number of halogens is 4. The zero-order valence-electron chi connectivity index (χ0n) is 10.3. The van der Waals surface area contributed by atoms with Crippen molar-refractivity contribution in [2.24, 2.45) is 0 Å². The molecule has 0 aliphatic heterocycles. The topological polar surface area (TPSA) is 26.3 Å². The average molecular weight is 295 g/mol. The van der Waals surface area contributed by atoms with Crippen molar-refractivity contribution in [1.29, 1.82) is 0 Å². The first-order valence-electron chi connectivity index (χ1n) is 5.78. The molecule has 0 amide bonds. The van der Waals surface area contributed by atoms with Gasteiger partial charge in [0.2, 0.25) is 0 Å². The summed E-state index contributed by atoms with van der Waals surface area (Å²) >= 11 is 5.69. The van der Waals surface area contributed by atoms with Crippen molar-refractivity contribution < 1.29 is 22.7 Å². The third kappa shape index (κ3) is 6.07. The van der Waals surface area contributed by atoms with Gasteiger partial charge in [0.15, 0.2) is 5.78 Å². The van der Waals surface area contributed by atoms with Crippen molar-refractivity contribution >= 4 is 17.4 Å². The SMILES string of the molecule is CC(OCCCC(F)(F)F)C(=O)c1ccc(Cl)cc1. The van der Waals surface area contributed by atoms with Crippen LogP contribution in [0, 0.1) is 0 Å². The molecule has 0 aliphatic rings. The van der Waals surface area contributed by atoms with Crippen LogP contribution in [0.5, 0.6) is 0 Å². The third-order valence-corrected chi connectivity index (χ3v) is 2.72. The van der Waals surface area contributed by atoms with Crippen molar-refractivity contribution in [2.45, 2.75) is 32.0 Å². The zero-order chi connectivity index (χ0) is 14.5. The van der Waals surface area contributed by atoms with Crippen molar-refractivity contribution in [3.63, 3.8) is 0 Å². The van der Waals surface area contributed by atoms with Crippen LogP contribution in [0.1, 0.15) is 30.1 Å². The van der Waals surface area contributed by atoms with Crippen molar-refractivity contribution in [1.82, 2.24) is 0 Å². The Bertz CT molecular complexity index is 415. The lowest BCUT2D eigenvalue weighted by Crippen LogP contribution is -2.22. The Morgan fingerprint density at radius 1 is 1.32 bits per heavy atom. The van der Waals surface area contributed by atoms with Crippen LogP contribution in [0.25, 0.3) is 0 Å². The molecular formula is C13H14ClF3O2. The lowest BCUT2D eigenvalue weighted by molar-refractivity contribution is -0.138. The fourth-order valence-electron chi connectivity index (χ4n) is 1.46. The van der Waals surface area contributed by atoms with Crippen LogP contribution >= 0.6 is 11.6 Å². The molecule has 19 heavy (non-hydrogen) atoms. The fraction of sp³-hybridized carbons (Fsp3) is 0.462. The van der Waals surface area contributed by atoms with Gasteiger partial charge in [-0.25, -0.2) is 0 Å². The predicted octanol–water partition coefficient (Wildman–Crippen LogP) is 4.27. The second-order valence-electron chi connectivity index (χ2n) is 4.10. The minimum Gasteiger partial charge on any atom is -0.370 e. The second kappa shape index (κ2) is 6.91. The van der Waals surface area contributed by atoms with Gasteiger partial charge in [0.05, 0.1) is 0 Å². The minimum atomic E-state index is -4.19. The molecule has 0 saturated carbocycles. The number of carbonyl (C=O) groups is 1. The van der Waals surface area contributed by atoms with Crippen LogP contribution in [0.15, 0.2) is 24.3 Å². The van der Waals surface area contributed by atoms with E-state index in [0.717, 1.165) is 0 Å². The van der Waals surface area contributed by atoms with E-state index in [1.165, 1.54) is 6.92 Å². The molecule has 1 atom stereocenters. The fourth-order valence-corrected chi connectivity index (χ4v) is 1.58. The molecule has 1 unspecified atom stereocenters. The van der Waals surface area contributed by atoms with Crippen LogP contribution in [0.3, 0.4) is 0 Å². The number of alkyl halides is 3. The van der Waals surface area contributed by atoms with E-state index in [-0.39, 0.29) is 18.8 Å². The molecule has 1 aromatic rings. The summed E-state index contributed by atoms with van der Waals surface area (Å²) in [5.41, 5.74) is 0.424. The first-order chi connectivity index (χ1) is 8.79. The van der Waals surface area contributed by atoms with Crippen molar-refractivity contribution in [3.05, 3.63) is 34.9 Å². The Morgan fingerprint density at radius 3 is 2.42 bits per heavy atom. The molecule has 0 aliphatic carbocycles. The molecule has 1 rings (SSSR count). The number of Topliss-reactive ketones (excluding diaryl/α,β-unsaturated/α-hetero) is 1. The van der Waals surface area contributed by atoms with E-state index >= 15 is 0 Å². The van der Waals surface area contributed by atoms with Crippen LogP contribution in [0.4, 0.5) is 13.2 Å². The van der Waals surface area contributed by atoms with Gasteiger partial charge in [-0.3, -0.25) is 4.79 Å². The first-order valence-corrected chi connectivity index (χ1v) is 6.15. The van der Waals surface area contributed by atoms with E-state index < -0.39 is 18.7 Å². The van der Waals surface area contributed by atoms with Gasteiger partial charge in [-0.05, 0) is 37.6 Å². The summed E-state index contributed by atoms with van der Waals surface area (Å²) in [6.45, 7) is 1.42. The Morgan fingerprint density at radius 2 is 1.89 bits per heavy atom. The number of benzene rings is 1. The highest BCUT2D eigenvalue weighted by Gasteiger charge is 2.26. The Labute approximate surface area is 114 Å². The highest BCUT2D eigenvalue weighted by Crippen LogP contribution is 2.21. The largest absolute Gasteiger partial charge is 0.389 e. The van der Waals surface area contributed by atoms with Crippen molar-refractivity contribution in [3.8, 4) is 0 Å². The Kier molecular flexibility index (Phi) is 5.82. The van der Waals surface area contributed by atoms with E-state index in [1.54, 1.807) is 24.3 Å². The monoisotopic (exact) mass is 294 g/mol. The maximum atomic E-state index is 11.9. The Hall–Kier alpha value is -1.07. The summed E-state index contributed by atoms with van der Waals surface area (Å²) < 4.78 is 40.8. The summed E-state index contributed by atoms with van der Waals surface area (Å²) in [4.78, 5) is 11.9. The van der Waals surface area contributed by atoms with Gasteiger partial charge in [-0.1, -0.05) is 11.6 Å². The van der Waals surface area contributed by atoms with Gasteiger partial charge in [-0.15, -0.1) is 0 Å². The molecule has 106 valence electrons. The summed E-state index contributed by atoms with van der Waals surface area (Å²) in [7, 11) is 0. The molecular weight excluding hydrogens is 281 g/mol. The molecule has 0 radical (unpaired) electrons. The first kappa shape index (κ1) is 16.0. The number of rotatable bonds is 6. The van der Waals surface area contributed by atoms with E-state index in [4.69, 9.17) is 16.3 Å². The quantitative estimate of drug-likeness (QED) is 0.578. The lowest BCUT2D eigenvalue weighted by atomic mass is 10.1. The molecule has 0 N–H and O–H groups in total. The molecule has 0 heterocycles. The second-order valence-corrected chi connectivity index (χ2v) is 4.54. The zero-order valence-corrected chi connectivity index (χ0v) is 11.1.